The molecule has 0 spiro atoms. The van der Waals surface area contributed by atoms with Gasteiger partial charge in [0.15, 0.2) is 5.78 Å². The summed E-state index contributed by atoms with van der Waals surface area (Å²) in [4.78, 5) is 12.1. The van der Waals surface area contributed by atoms with E-state index >= 15 is 0 Å². The summed E-state index contributed by atoms with van der Waals surface area (Å²) < 4.78 is 41.5. The molecule has 0 aliphatic rings. The van der Waals surface area contributed by atoms with Crippen molar-refractivity contribution in [2.75, 3.05) is 0 Å². The number of alkyl halides is 3. The lowest BCUT2D eigenvalue weighted by molar-refractivity contribution is -0.274. The van der Waals surface area contributed by atoms with Gasteiger partial charge in [-0.15, -0.1) is 13.2 Å². The van der Waals surface area contributed by atoms with Crippen LogP contribution < -0.4 is 4.74 Å². The number of aryl methyl sites for hydroxylation is 1. The Morgan fingerprint density at radius 2 is 1.90 bits per heavy atom. The van der Waals surface area contributed by atoms with Crippen LogP contribution in [0.2, 0.25) is 0 Å². The summed E-state index contributed by atoms with van der Waals surface area (Å²) in [7, 11) is 1.73. The van der Waals surface area contributed by atoms with Crippen LogP contribution in [0.15, 0.2) is 30.5 Å². The molecule has 0 atom stereocenters. The maximum absolute atomic E-state index is 12.1. The van der Waals surface area contributed by atoms with E-state index in [2.05, 4.69) is 9.84 Å². The fourth-order valence-corrected chi connectivity index (χ4v) is 1.86. The predicted molar refractivity (Wildman–Crippen MR) is 69.1 cm³/mol. The molecule has 0 saturated heterocycles. The molecule has 0 bridgehead atoms. The van der Waals surface area contributed by atoms with E-state index in [4.69, 9.17) is 0 Å². The molecule has 112 valence electrons. The fourth-order valence-electron chi connectivity index (χ4n) is 1.86. The topological polar surface area (TPSA) is 44.1 Å². The fraction of sp³-hybridized carbons (Fsp3) is 0.286. The maximum atomic E-state index is 12.1. The van der Waals surface area contributed by atoms with Crippen molar-refractivity contribution in [3.05, 3.63) is 47.3 Å². The number of benzene rings is 1. The summed E-state index contributed by atoms with van der Waals surface area (Å²) in [6.07, 6.45) is -3.14. The van der Waals surface area contributed by atoms with Crippen LogP contribution in [0.5, 0.6) is 5.75 Å². The molecule has 21 heavy (non-hydrogen) atoms. The summed E-state index contributed by atoms with van der Waals surface area (Å²) in [5.74, 6) is -0.443. The third kappa shape index (κ3) is 3.84. The number of ether oxygens (including phenoxy) is 1. The van der Waals surface area contributed by atoms with Gasteiger partial charge in [0.05, 0.1) is 11.8 Å². The largest absolute Gasteiger partial charge is 0.573 e. The van der Waals surface area contributed by atoms with Gasteiger partial charge in [0.1, 0.15) is 5.75 Å². The van der Waals surface area contributed by atoms with Gasteiger partial charge >= 0.3 is 6.36 Å². The molecule has 0 radical (unpaired) electrons. The quantitative estimate of drug-likeness (QED) is 0.815. The first kappa shape index (κ1) is 15.1. The SMILES string of the molecule is Cc1c(C(=O)Cc2ccc(OC(F)(F)F)cc2)cnn1C. The predicted octanol–water partition coefficient (Wildman–Crippen LogP) is 3.05. The highest BCUT2D eigenvalue weighted by molar-refractivity contribution is 5.98. The number of nitrogens with zero attached hydrogens (tertiary/aromatic N) is 2. The minimum atomic E-state index is -4.72. The third-order valence-electron chi connectivity index (χ3n) is 3.06. The molecular formula is C14H13F3N2O2. The Labute approximate surface area is 119 Å². The van der Waals surface area contributed by atoms with Crippen molar-refractivity contribution < 1.29 is 22.7 Å². The molecule has 0 fully saturated rings. The van der Waals surface area contributed by atoms with Gasteiger partial charge in [-0.1, -0.05) is 12.1 Å². The van der Waals surface area contributed by atoms with Crippen LogP contribution in [0.25, 0.3) is 0 Å². The molecule has 2 aromatic rings. The van der Waals surface area contributed by atoms with Crippen molar-refractivity contribution in [1.29, 1.82) is 0 Å². The Morgan fingerprint density at radius 1 is 1.29 bits per heavy atom. The first-order valence-electron chi connectivity index (χ1n) is 6.13. The summed E-state index contributed by atoms with van der Waals surface area (Å²) in [5.41, 5.74) is 1.86. The van der Waals surface area contributed by atoms with Crippen LogP contribution in [0.3, 0.4) is 0 Å². The summed E-state index contributed by atoms with van der Waals surface area (Å²) in [6.45, 7) is 1.78. The van der Waals surface area contributed by atoms with E-state index in [-0.39, 0.29) is 18.0 Å². The molecule has 1 aromatic carbocycles. The highest BCUT2D eigenvalue weighted by Gasteiger charge is 2.30. The van der Waals surface area contributed by atoms with Crippen LogP contribution in [-0.2, 0) is 13.5 Å². The number of carbonyl (C=O) groups is 1. The number of carbonyl (C=O) groups excluding carboxylic acids is 1. The number of hydrogen-bond acceptors (Lipinski definition) is 3. The van der Waals surface area contributed by atoms with Crippen LogP contribution in [0.4, 0.5) is 13.2 Å². The molecule has 7 heteroatoms. The number of halogens is 3. The Bertz CT molecular complexity index is 645. The van der Waals surface area contributed by atoms with Gasteiger partial charge in [-0.05, 0) is 24.6 Å². The van der Waals surface area contributed by atoms with Gasteiger partial charge in [-0.3, -0.25) is 9.48 Å². The van der Waals surface area contributed by atoms with Gasteiger partial charge in [0.25, 0.3) is 0 Å². The molecule has 0 aliphatic carbocycles. The minimum Gasteiger partial charge on any atom is -0.406 e. The van der Waals surface area contributed by atoms with E-state index in [1.807, 2.05) is 0 Å². The second kappa shape index (κ2) is 5.59. The van der Waals surface area contributed by atoms with Crippen LogP contribution in [0.1, 0.15) is 21.6 Å². The van der Waals surface area contributed by atoms with Crippen molar-refractivity contribution in [2.45, 2.75) is 19.7 Å². The second-order valence-electron chi connectivity index (χ2n) is 4.56. The number of hydrogen-bond donors (Lipinski definition) is 0. The molecule has 1 aromatic heterocycles. The lowest BCUT2D eigenvalue weighted by atomic mass is 10.0. The van der Waals surface area contributed by atoms with Crippen LogP contribution in [-0.4, -0.2) is 21.9 Å². The smallest absolute Gasteiger partial charge is 0.406 e. The standard InChI is InChI=1S/C14H13F3N2O2/c1-9-12(8-18-19(9)2)13(20)7-10-3-5-11(6-4-10)21-14(15,16)17/h3-6,8H,7H2,1-2H3. The van der Waals surface area contributed by atoms with Crippen molar-refractivity contribution in [3.63, 3.8) is 0 Å². The Hall–Kier alpha value is -2.31. The number of Topliss-reactive ketones (excluding diaryl/α,β-unsaturated/α-hetero) is 1. The van der Waals surface area contributed by atoms with Gasteiger partial charge < -0.3 is 4.74 Å². The average molecular weight is 298 g/mol. The molecule has 0 unspecified atom stereocenters. The van der Waals surface area contributed by atoms with Crippen LogP contribution >= 0.6 is 0 Å². The summed E-state index contributed by atoms with van der Waals surface area (Å²) in [6, 6.07) is 5.24. The summed E-state index contributed by atoms with van der Waals surface area (Å²) in [5, 5.41) is 3.98. The molecule has 0 N–H and O–H groups in total. The molecule has 0 saturated carbocycles. The second-order valence-corrected chi connectivity index (χ2v) is 4.56. The van der Waals surface area contributed by atoms with Crippen molar-refractivity contribution in [2.24, 2.45) is 7.05 Å². The number of ketones is 1. The van der Waals surface area contributed by atoms with Crippen molar-refractivity contribution in [3.8, 4) is 5.75 Å². The first-order chi connectivity index (χ1) is 9.76. The first-order valence-corrected chi connectivity index (χ1v) is 6.13. The lowest BCUT2D eigenvalue weighted by Gasteiger charge is -2.09. The number of aromatic nitrogens is 2. The molecular weight excluding hydrogens is 285 g/mol. The van der Waals surface area contributed by atoms with Gasteiger partial charge in [0, 0.05) is 19.2 Å². The van der Waals surface area contributed by atoms with E-state index in [1.54, 1.807) is 18.7 Å². The highest BCUT2D eigenvalue weighted by Crippen LogP contribution is 2.23. The zero-order valence-electron chi connectivity index (χ0n) is 11.4. The summed E-state index contributed by atoms with van der Waals surface area (Å²) >= 11 is 0. The zero-order chi connectivity index (χ0) is 15.6. The number of rotatable bonds is 4. The van der Waals surface area contributed by atoms with E-state index in [0.717, 1.165) is 5.69 Å². The monoisotopic (exact) mass is 298 g/mol. The Balaban J connectivity index is 2.07. The molecule has 2 rings (SSSR count). The van der Waals surface area contributed by atoms with Crippen LogP contribution in [0, 0.1) is 6.92 Å². The molecule has 0 amide bonds. The van der Waals surface area contributed by atoms with Gasteiger partial charge in [-0.25, -0.2) is 0 Å². The molecule has 1 heterocycles. The highest BCUT2D eigenvalue weighted by atomic mass is 19.4. The average Bonchev–Trinajstić information content (AvgIpc) is 2.71. The molecule has 0 aliphatic heterocycles. The van der Waals surface area contributed by atoms with E-state index in [9.17, 15) is 18.0 Å². The Morgan fingerprint density at radius 3 is 2.38 bits per heavy atom. The maximum Gasteiger partial charge on any atom is 0.573 e. The van der Waals surface area contributed by atoms with E-state index in [1.165, 1.54) is 30.5 Å². The third-order valence-corrected chi connectivity index (χ3v) is 3.06. The van der Waals surface area contributed by atoms with E-state index in [0.29, 0.717) is 11.1 Å². The zero-order valence-corrected chi connectivity index (χ0v) is 11.4. The van der Waals surface area contributed by atoms with Gasteiger partial charge in [-0.2, -0.15) is 5.10 Å². The van der Waals surface area contributed by atoms with Gasteiger partial charge in [0.2, 0.25) is 0 Å². The minimum absolute atomic E-state index is 0.0961. The van der Waals surface area contributed by atoms with Crippen molar-refractivity contribution >= 4 is 5.78 Å². The van der Waals surface area contributed by atoms with Crippen molar-refractivity contribution in [1.82, 2.24) is 9.78 Å². The Kier molecular flexibility index (Phi) is 4.02. The van der Waals surface area contributed by atoms with E-state index < -0.39 is 6.36 Å². The normalized spacial score (nSPS) is 11.5. The lowest BCUT2D eigenvalue weighted by Crippen LogP contribution is -2.17. The molecule has 4 nitrogen and oxygen atoms in total.